The zero-order valence-electron chi connectivity index (χ0n) is 17.9. The van der Waals surface area contributed by atoms with Gasteiger partial charge in [-0.05, 0) is 70.4 Å². The van der Waals surface area contributed by atoms with E-state index < -0.39 is 0 Å². The van der Waals surface area contributed by atoms with Gasteiger partial charge in [-0.25, -0.2) is 4.98 Å². The molecule has 1 amide bonds. The summed E-state index contributed by atoms with van der Waals surface area (Å²) < 4.78 is 13.1. The monoisotopic (exact) mass is 568 g/mol. The Balaban J connectivity index is 1.41. The van der Waals surface area contributed by atoms with Crippen molar-refractivity contribution in [1.82, 2.24) is 4.98 Å². The molecule has 0 fully saturated rings. The molecule has 170 valence electrons. The highest BCUT2D eigenvalue weighted by Gasteiger charge is 2.23. The average Bonchev–Trinajstić information content (AvgIpc) is 3.60. The van der Waals surface area contributed by atoms with E-state index in [0.29, 0.717) is 4.88 Å². The Morgan fingerprint density at radius 1 is 1.06 bits per heavy atom. The van der Waals surface area contributed by atoms with E-state index >= 15 is 0 Å². The third-order valence-electron chi connectivity index (χ3n) is 5.58. The summed E-state index contributed by atoms with van der Waals surface area (Å²) >= 11 is 8.11. The average molecular weight is 570 g/mol. The molecule has 9 heteroatoms. The van der Waals surface area contributed by atoms with Gasteiger partial charge in [0.15, 0.2) is 11.5 Å². The molecule has 0 saturated heterocycles. The lowest BCUT2D eigenvalue weighted by atomic mass is 10.1. The number of ether oxygens (including phenoxy) is 2. The molecule has 1 N–H and O–H groups in total. The number of thiazole rings is 1. The topological polar surface area (TPSA) is 60.5 Å². The largest absolute Gasteiger partial charge is 0.454 e. The number of aromatic nitrogens is 1. The van der Waals surface area contributed by atoms with Gasteiger partial charge in [0.05, 0.1) is 18.9 Å². The number of hydrogen-bond acceptors (Lipinski definition) is 7. The number of fused-ring (bicyclic) bond motifs is 2. The van der Waals surface area contributed by atoms with E-state index in [-0.39, 0.29) is 12.7 Å². The lowest BCUT2D eigenvalue weighted by Gasteiger charge is -2.04. The standard InChI is InChI=1S/C25H17BrN2O3S3/c1-13-20(11-14-6-7-16-17(10-14)31-12-30-16)34-25(28-23(29)19-8-9-21(26)32-19)22(13)24-27-15-4-2-3-5-18(15)33-24/h2-10H,11-12H2,1H3,(H,28,29). The number of nitrogens with zero attached hydrogens (tertiary/aromatic N) is 1. The van der Waals surface area contributed by atoms with Crippen LogP contribution in [0, 0.1) is 6.92 Å². The summed E-state index contributed by atoms with van der Waals surface area (Å²) in [6.45, 7) is 2.37. The highest BCUT2D eigenvalue weighted by Crippen LogP contribution is 2.45. The molecule has 0 aliphatic carbocycles. The minimum absolute atomic E-state index is 0.117. The van der Waals surface area contributed by atoms with Crippen LogP contribution in [0.15, 0.2) is 58.4 Å². The van der Waals surface area contributed by atoms with E-state index in [0.717, 1.165) is 58.6 Å². The van der Waals surface area contributed by atoms with Crippen LogP contribution in [0.3, 0.4) is 0 Å². The first-order valence-corrected chi connectivity index (χ1v) is 13.7. The normalized spacial score (nSPS) is 12.4. The SMILES string of the molecule is Cc1c(Cc2ccc3c(c2)OCO3)sc(NC(=O)c2ccc(Br)s2)c1-c1nc2ccccc2s1. The van der Waals surface area contributed by atoms with Crippen molar-refractivity contribution in [2.24, 2.45) is 0 Å². The Labute approximate surface area is 216 Å². The summed E-state index contributed by atoms with van der Waals surface area (Å²) in [5, 5.41) is 4.90. The van der Waals surface area contributed by atoms with Crippen molar-refractivity contribution in [3.63, 3.8) is 0 Å². The van der Waals surface area contributed by atoms with Crippen molar-refractivity contribution in [2.45, 2.75) is 13.3 Å². The quantitative estimate of drug-likeness (QED) is 0.235. The van der Waals surface area contributed by atoms with Crippen LogP contribution in [0.25, 0.3) is 20.8 Å². The molecule has 0 radical (unpaired) electrons. The first-order chi connectivity index (χ1) is 16.5. The molecule has 0 unspecified atom stereocenters. The molecule has 0 saturated carbocycles. The molecule has 5 nitrogen and oxygen atoms in total. The zero-order valence-corrected chi connectivity index (χ0v) is 21.9. The van der Waals surface area contributed by atoms with Gasteiger partial charge in [-0.1, -0.05) is 18.2 Å². The molecular weight excluding hydrogens is 552 g/mol. The summed E-state index contributed by atoms with van der Waals surface area (Å²) in [4.78, 5) is 19.8. The van der Waals surface area contributed by atoms with Crippen LogP contribution >= 0.6 is 49.9 Å². The van der Waals surface area contributed by atoms with Crippen molar-refractivity contribution >= 4 is 71.1 Å². The van der Waals surface area contributed by atoms with Crippen LogP contribution in [0.4, 0.5) is 5.00 Å². The van der Waals surface area contributed by atoms with Crippen LogP contribution in [0.5, 0.6) is 11.5 Å². The Morgan fingerprint density at radius 3 is 2.74 bits per heavy atom. The van der Waals surface area contributed by atoms with E-state index in [1.807, 2.05) is 42.5 Å². The minimum atomic E-state index is -0.117. The van der Waals surface area contributed by atoms with Gasteiger partial charge in [0, 0.05) is 16.9 Å². The Kier molecular flexibility index (Phi) is 5.65. The smallest absolute Gasteiger partial charge is 0.266 e. The summed E-state index contributed by atoms with van der Waals surface area (Å²) in [6, 6.07) is 17.9. The predicted molar refractivity (Wildman–Crippen MR) is 143 cm³/mol. The number of rotatable bonds is 5. The maximum absolute atomic E-state index is 13.0. The zero-order chi connectivity index (χ0) is 23.2. The predicted octanol–water partition coefficient (Wildman–Crippen LogP) is 7.73. The van der Waals surface area contributed by atoms with Crippen LogP contribution < -0.4 is 14.8 Å². The number of anilines is 1. The molecule has 6 rings (SSSR count). The van der Waals surface area contributed by atoms with Gasteiger partial charge in [0.2, 0.25) is 6.79 Å². The van der Waals surface area contributed by atoms with E-state index in [1.54, 1.807) is 22.7 Å². The number of amides is 1. The molecule has 0 atom stereocenters. The molecule has 1 aliphatic heterocycles. The van der Waals surface area contributed by atoms with E-state index in [4.69, 9.17) is 14.5 Å². The van der Waals surface area contributed by atoms with Gasteiger partial charge in [-0.3, -0.25) is 4.79 Å². The fraction of sp³-hybridized carbons (Fsp3) is 0.120. The van der Waals surface area contributed by atoms with Crippen molar-refractivity contribution in [2.75, 3.05) is 12.1 Å². The number of nitrogens with one attached hydrogen (secondary N) is 1. The van der Waals surface area contributed by atoms with Gasteiger partial charge in [0.1, 0.15) is 10.0 Å². The van der Waals surface area contributed by atoms with Gasteiger partial charge in [-0.15, -0.1) is 34.0 Å². The first kappa shape index (κ1) is 21.8. The van der Waals surface area contributed by atoms with Crippen molar-refractivity contribution in [3.8, 4) is 22.1 Å². The lowest BCUT2D eigenvalue weighted by molar-refractivity contribution is 0.103. The summed E-state index contributed by atoms with van der Waals surface area (Å²) in [6.07, 6.45) is 0.728. The Bertz CT molecular complexity index is 1520. The van der Waals surface area contributed by atoms with Crippen LogP contribution in [0.2, 0.25) is 0 Å². The number of halogens is 1. The molecule has 1 aliphatic rings. The number of benzene rings is 2. The number of para-hydroxylation sites is 1. The van der Waals surface area contributed by atoms with Crippen molar-refractivity contribution in [1.29, 1.82) is 0 Å². The van der Waals surface area contributed by atoms with Crippen LogP contribution in [-0.4, -0.2) is 17.7 Å². The fourth-order valence-electron chi connectivity index (χ4n) is 3.89. The third kappa shape index (κ3) is 4.02. The minimum Gasteiger partial charge on any atom is -0.454 e. The molecular formula is C25H17BrN2O3S3. The lowest BCUT2D eigenvalue weighted by Crippen LogP contribution is -2.09. The number of thiophene rings is 2. The maximum atomic E-state index is 13.0. The molecule has 0 spiro atoms. The highest BCUT2D eigenvalue weighted by molar-refractivity contribution is 9.11. The summed E-state index contributed by atoms with van der Waals surface area (Å²) in [5.74, 6) is 1.43. The molecule has 3 aromatic heterocycles. The third-order valence-corrected chi connectivity index (χ3v) is 9.46. The molecule has 0 bridgehead atoms. The first-order valence-electron chi connectivity index (χ1n) is 10.5. The Morgan fingerprint density at radius 2 is 1.91 bits per heavy atom. The van der Waals surface area contributed by atoms with Gasteiger partial charge >= 0.3 is 0 Å². The number of carbonyl (C=O) groups is 1. The van der Waals surface area contributed by atoms with Crippen LogP contribution in [0.1, 0.15) is 25.7 Å². The highest BCUT2D eigenvalue weighted by atomic mass is 79.9. The second-order valence-electron chi connectivity index (χ2n) is 7.76. The van der Waals surface area contributed by atoms with Crippen molar-refractivity contribution < 1.29 is 14.3 Å². The van der Waals surface area contributed by atoms with Gasteiger partial charge < -0.3 is 14.8 Å². The second kappa shape index (κ2) is 8.81. The maximum Gasteiger partial charge on any atom is 0.266 e. The van der Waals surface area contributed by atoms with E-state index in [2.05, 4.69) is 40.3 Å². The van der Waals surface area contributed by atoms with Crippen molar-refractivity contribution in [3.05, 3.63) is 79.3 Å². The van der Waals surface area contributed by atoms with Crippen LogP contribution in [-0.2, 0) is 6.42 Å². The number of hydrogen-bond donors (Lipinski definition) is 1. The summed E-state index contributed by atoms with van der Waals surface area (Å²) in [7, 11) is 0. The molecule has 2 aromatic carbocycles. The fourth-order valence-corrected chi connectivity index (χ4v) is 7.55. The molecule has 5 aromatic rings. The second-order valence-corrected chi connectivity index (χ2v) is 12.4. The van der Waals surface area contributed by atoms with Gasteiger partial charge in [-0.2, -0.15) is 0 Å². The summed E-state index contributed by atoms with van der Waals surface area (Å²) in [5.41, 5.74) is 4.21. The van der Waals surface area contributed by atoms with Gasteiger partial charge in [0.25, 0.3) is 5.91 Å². The number of carbonyl (C=O) groups excluding carboxylic acids is 1. The Hall–Kier alpha value is -2.72. The van der Waals surface area contributed by atoms with E-state index in [9.17, 15) is 4.79 Å². The molecule has 4 heterocycles. The molecule has 34 heavy (non-hydrogen) atoms. The van der Waals surface area contributed by atoms with E-state index in [1.165, 1.54) is 16.2 Å².